The summed E-state index contributed by atoms with van der Waals surface area (Å²) in [5.41, 5.74) is 1.40. The first-order valence-electron chi connectivity index (χ1n) is 10.2. The van der Waals surface area contributed by atoms with Crippen molar-refractivity contribution in [1.82, 2.24) is 15.6 Å². The summed E-state index contributed by atoms with van der Waals surface area (Å²) in [5.74, 6) is -0.00221. The van der Waals surface area contributed by atoms with E-state index in [0.717, 1.165) is 5.56 Å². The second-order valence-electron chi connectivity index (χ2n) is 7.46. The Morgan fingerprint density at radius 1 is 1.03 bits per heavy atom. The van der Waals surface area contributed by atoms with E-state index in [1.165, 1.54) is 24.3 Å². The van der Waals surface area contributed by atoms with E-state index in [4.69, 9.17) is 4.74 Å². The van der Waals surface area contributed by atoms with Gasteiger partial charge in [0.1, 0.15) is 17.6 Å². The van der Waals surface area contributed by atoms with Gasteiger partial charge in [0.2, 0.25) is 11.8 Å². The highest BCUT2D eigenvalue weighted by atomic mass is 19.1. The minimum atomic E-state index is -0.713. The molecule has 0 bridgehead atoms. The van der Waals surface area contributed by atoms with Crippen molar-refractivity contribution >= 4 is 17.6 Å². The molecular formula is C24H25FN4O3. The molecule has 1 heterocycles. The monoisotopic (exact) mass is 436 g/mol. The molecule has 8 heteroatoms. The van der Waals surface area contributed by atoms with Gasteiger partial charge < -0.3 is 20.7 Å². The van der Waals surface area contributed by atoms with Crippen LogP contribution in [-0.4, -0.2) is 23.0 Å². The summed E-state index contributed by atoms with van der Waals surface area (Å²) in [6.07, 6.45) is 1.56. The van der Waals surface area contributed by atoms with Crippen molar-refractivity contribution in [3.05, 3.63) is 84.3 Å². The molecule has 3 aromatic rings. The number of pyridine rings is 1. The van der Waals surface area contributed by atoms with E-state index in [-0.39, 0.29) is 24.2 Å². The zero-order chi connectivity index (χ0) is 22.9. The SMILES string of the molecule is CC(C)C(NC(=O)Nc1ccccc1)C(=O)NCc1ccnc(Oc2ccc(F)cc2)c1. The van der Waals surface area contributed by atoms with Crippen molar-refractivity contribution in [3.63, 3.8) is 0 Å². The molecule has 32 heavy (non-hydrogen) atoms. The highest BCUT2D eigenvalue weighted by molar-refractivity contribution is 5.93. The minimum Gasteiger partial charge on any atom is -0.439 e. The van der Waals surface area contributed by atoms with Gasteiger partial charge in [-0.2, -0.15) is 0 Å². The van der Waals surface area contributed by atoms with Gasteiger partial charge >= 0.3 is 6.03 Å². The first kappa shape index (κ1) is 22.7. The van der Waals surface area contributed by atoms with E-state index in [1.807, 2.05) is 32.0 Å². The summed E-state index contributed by atoms with van der Waals surface area (Å²) in [7, 11) is 0. The maximum absolute atomic E-state index is 13.0. The number of para-hydroxylation sites is 1. The predicted octanol–water partition coefficient (Wildman–Crippen LogP) is 4.48. The summed E-state index contributed by atoms with van der Waals surface area (Å²) in [5, 5.41) is 8.27. The fourth-order valence-electron chi connectivity index (χ4n) is 2.90. The molecule has 166 valence electrons. The molecule has 7 nitrogen and oxygen atoms in total. The lowest BCUT2D eigenvalue weighted by Gasteiger charge is -2.22. The molecular weight excluding hydrogens is 411 g/mol. The fourth-order valence-corrected chi connectivity index (χ4v) is 2.90. The standard InChI is InChI=1S/C24H25FN4O3/c1-16(2)22(29-24(31)28-19-6-4-3-5-7-19)23(30)27-15-17-12-13-26-21(14-17)32-20-10-8-18(25)9-11-20/h3-14,16,22H,15H2,1-2H3,(H,27,30)(H2,28,29,31). The summed E-state index contributed by atoms with van der Waals surface area (Å²) in [6, 6.07) is 16.9. The number of halogens is 1. The van der Waals surface area contributed by atoms with Crippen molar-refractivity contribution < 1.29 is 18.7 Å². The molecule has 0 aliphatic rings. The van der Waals surface area contributed by atoms with Crippen LogP contribution in [0, 0.1) is 11.7 Å². The highest BCUT2D eigenvalue weighted by Gasteiger charge is 2.24. The van der Waals surface area contributed by atoms with Crippen molar-refractivity contribution in [1.29, 1.82) is 0 Å². The first-order valence-corrected chi connectivity index (χ1v) is 10.2. The Hall–Kier alpha value is -3.94. The lowest BCUT2D eigenvalue weighted by molar-refractivity contribution is -0.124. The molecule has 0 spiro atoms. The summed E-state index contributed by atoms with van der Waals surface area (Å²) in [4.78, 5) is 29.1. The van der Waals surface area contributed by atoms with Crippen LogP contribution in [0.2, 0.25) is 0 Å². The lowest BCUT2D eigenvalue weighted by Crippen LogP contribution is -2.50. The van der Waals surface area contributed by atoms with Gasteiger partial charge in [0.15, 0.2) is 0 Å². The average molecular weight is 436 g/mol. The number of ether oxygens (including phenoxy) is 1. The third kappa shape index (κ3) is 6.80. The number of hydrogen-bond donors (Lipinski definition) is 3. The van der Waals surface area contributed by atoms with Crippen LogP contribution in [0.25, 0.3) is 0 Å². The van der Waals surface area contributed by atoms with Crippen molar-refractivity contribution in [2.24, 2.45) is 5.92 Å². The molecule has 3 N–H and O–H groups in total. The van der Waals surface area contributed by atoms with Gasteiger partial charge in [0, 0.05) is 24.5 Å². The third-order valence-corrected chi connectivity index (χ3v) is 4.57. The second kappa shape index (κ2) is 10.9. The van der Waals surface area contributed by atoms with Crippen LogP contribution in [-0.2, 0) is 11.3 Å². The zero-order valence-corrected chi connectivity index (χ0v) is 17.8. The van der Waals surface area contributed by atoms with Gasteiger partial charge in [-0.1, -0.05) is 32.0 Å². The van der Waals surface area contributed by atoms with E-state index in [2.05, 4.69) is 20.9 Å². The van der Waals surface area contributed by atoms with E-state index < -0.39 is 12.1 Å². The number of hydrogen-bond acceptors (Lipinski definition) is 4. The van der Waals surface area contributed by atoms with Crippen molar-refractivity contribution in [3.8, 4) is 11.6 Å². The lowest BCUT2D eigenvalue weighted by atomic mass is 10.0. The van der Waals surface area contributed by atoms with Gasteiger partial charge in [-0.25, -0.2) is 14.2 Å². The molecule has 2 aromatic carbocycles. The fraction of sp³-hybridized carbons (Fsp3) is 0.208. The summed E-state index contributed by atoms with van der Waals surface area (Å²) in [6.45, 7) is 3.94. The zero-order valence-electron chi connectivity index (χ0n) is 17.8. The molecule has 0 aliphatic carbocycles. The third-order valence-electron chi connectivity index (χ3n) is 4.57. The number of aromatic nitrogens is 1. The van der Waals surface area contributed by atoms with E-state index in [0.29, 0.717) is 17.3 Å². The number of benzene rings is 2. The van der Waals surface area contributed by atoms with Crippen LogP contribution < -0.4 is 20.7 Å². The number of carbonyl (C=O) groups excluding carboxylic acids is 2. The van der Waals surface area contributed by atoms with E-state index in [9.17, 15) is 14.0 Å². The van der Waals surface area contributed by atoms with Gasteiger partial charge in [0.25, 0.3) is 0 Å². The van der Waals surface area contributed by atoms with Crippen LogP contribution >= 0.6 is 0 Å². The number of nitrogens with one attached hydrogen (secondary N) is 3. The predicted molar refractivity (Wildman–Crippen MR) is 120 cm³/mol. The molecule has 1 atom stereocenters. The minimum absolute atomic E-state index is 0.119. The van der Waals surface area contributed by atoms with Crippen LogP contribution in [0.1, 0.15) is 19.4 Å². The molecule has 3 rings (SSSR count). The van der Waals surface area contributed by atoms with Crippen LogP contribution in [0.5, 0.6) is 11.6 Å². The maximum atomic E-state index is 13.0. The second-order valence-corrected chi connectivity index (χ2v) is 7.46. The van der Waals surface area contributed by atoms with Crippen LogP contribution in [0.3, 0.4) is 0 Å². The van der Waals surface area contributed by atoms with Crippen LogP contribution in [0.4, 0.5) is 14.9 Å². The summed E-state index contributed by atoms with van der Waals surface area (Å²) < 4.78 is 18.7. The first-order chi connectivity index (χ1) is 15.4. The summed E-state index contributed by atoms with van der Waals surface area (Å²) >= 11 is 0. The largest absolute Gasteiger partial charge is 0.439 e. The molecule has 3 amide bonds. The smallest absolute Gasteiger partial charge is 0.319 e. The van der Waals surface area contributed by atoms with E-state index >= 15 is 0 Å². The normalized spacial score (nSPS) is 11.5. The number of rotatable bonds is 8. The maximum Gasteiger partial charge on any atom is 0.319 e. The molecule has 1 unspecified atom stereocenters. The molecule has 1 aromatic heterocycles. The molecule has 0 saturated carbocycles. The highest BCUT2D eigenvalue weighted by Crippen LogP contribution is 2.20. The Balaban J connectivity index is 1.56. The number of amides is 3. The number of carbonyl (C=O) groups is 2. The number of urea groups is 1. The van der Waals surface area contributed by atoms with Gasteiger partial charge in [-0.05, 0) is 53.9 Å². The van der Waals surface area contributed by atoms with E-state index in [1.54, 1.807) is 30.5 Å². The average Bonchev–Trinajstić information content (AvgIpc) is 2.78. The quantitative estimate of drug-likeness (QED) is 0.486. The molecule has 0 fully saturated rings. The Labute approximate surface area is 186 Å². The Morgan fingerprint density at radius 2 is 1.75 bits per heavy atom. The Morgan fingerprint density at radius 3 is 2.44 bits per heavy atom. The number of nitrogens with zero attached hydrogens (tertiary/aromatic N) is 1. The molecule has 0 radical (unpaired) electrons. The Bertz CT molecular complexity index is 1040. The topological polar surface area (TPSA) is 92.4 Å². The van der Waals surface area contributed by atoms with Crippen molar-refractivity contribution in [2.75, 3.05) is 5.32 Å². The molecule has 0 aliphatic heterocycles. The Kier molecular flexibility index (Phi) is 7.75. The van der Waals surface area contributed by atoms with Crippen LogP contribution in [0.15, 0.2) is 72.9 Å². The van der Waals surface area contributed by atoms with Crippen molar-refractivity contribution in [2.45, 2.75) is 26.4 Å². The molecule has 0 saturated heterocycles. The number of anilines is 1. The van der Waals surface area contributed by atoms with Gasteiger partial charge in [-0.15, -0.1) is 0 Å². The van der Waals surface area contributed by atoms with Gasteiger partial charge in [-0.3, -0.25) is 4.79 Å². The van der Waals surface area contributed by atoms with Gasteiger partial charge in [0.05, 0.1) is 0 Å².